The molecule has 0 aromatic heterocycles. The molecule has 0 aromatic rings. The molecule has 3 N–H and O–H groups in total. The van der Waals surface area contributed by atoms with Crippen LogP contribution < -0.4 is 10.6 Å². The van der Waals surface area contributed by atoms with Crippen LogP contribution in [0.1, 0.15) is 25.7 Å². The number of carboxylic acid groups (broad SMARTS) is 1. The van der Waals surface area contributed by atoms with Crippen LogP contribution in [0.2, 0.25) is 0 Å². The van der Waals surface area contributed by atoms with Gasteiger partial charge in [-0.05, 0) is 37.0 Å². The molecule has 2 aliphatic carbocycles. The Bertz CT molecular complexity index is 398. The molecular weight excluding hydrogens is 264 g/mol. The molecule has 2 rings (SSSR count). The Hall–Kier alpha value is -1.63. The monoisotopic (exact) mass is 284 g/mol. The number of imide groups is 1. The van der Waals surface area contributed by atoms with Crippen LogP contribution in [0.4, 0.5) is 4.79 Å². The lowest BCUT2D eigenvalue weighted by atomic mass is 9.89. The minimum Gasteiger partial charge on any atom is -0.480 e. The quantitative estimate of drug-likeness (QED) is 0.652. The van der Waals surface area contributed by atoms with E-state index in [-0.39, 0.29) is 0 Å². The van der Waals surface area contributed by atoms with Crippen LogP contribution in [-0.2, 0) is 14.3 Å². The summed E-state index contributed by atoms with van der Waals surface area (Å²) in [7, 11) is 0. The zero-order valence-corrected chi connectivity index (χ0v) is 11.3. The molecule has 2 bridgehead atoms. The van der Waals surface area contributed by atoms with E-state index in [4.69, 9.17) is 5.11 Å². The Kier molecular flexibility index (Phi) is 4.94. The molecule has 2 aliphatic rings. The molecule has 3 amide bonds. The molecule has 7 heteroatoms. The number of ether oxygens (including phenoxy) is 1. The van der Waals surface area contributed by atoms with E-state index >= 15 is 0 Å². The zero-order valence-electron chi connectivity index (χ0n) is 11.3. The van der Waals surface area contributed by atoms with E-state index in [0.29, 0.717) is 12.5 Å². The number of fused-ring (bicyclic) bond motifs is 2. The van der Waals surface area contributed by atoms with Crippen LogP contribution in [0.15, 0.2) is 0 Å². The average Bonchev–Trinajstić information content (AvgIpc) is 2.97. The first-order valence-electron chi connectivity index (χ1n) is 6.92. The second-order valence-corrected chi connectivity index (χ2v) is 5.58. The van der Waals surface area contributed by atoms with Gasteiger partial charge in [-0.1, -0.05) is 6.42 Å². The topological polar surface area (TPSA) is 105 Å². The van der Waals surface area contributed by atoms with Gasteiger partial charge in [-0.3, -0.25) is 10.1 Å². The molecule has 0 saturated heterocycles. The van der Waals surface area contributed by atoms with Gasteiger partial charge in [0.15, 0.2) is 0 Å². The van der Waals surface area contributed by atoms with Crippen molar-refractivity contribution in [2.45, 2.75) is 25.7 Å². The SMILES string of the molecule is O=C(O)COCC(=O)NC(=O)NCC1CC2CCC1C2. The fourth-order valence-electron chi connectivity index (χ4n) is 3.29. The van der Waals surface area contributed by atoms with E-state index in [1.54, 1.807) is 0 Å². The molecule has 3 atom stereocenters. The van der Waals surface area contributed by atoms with Crippen molar-refractivity contribution < 1.29 is 24.2 Å². The van der Waals surface area contributed by atoms with Crippen LogP contribution in [-0.4, -0.2) is 42.8 Å². The maximum Gasteiger partial charge on any atom is 0.329 e. The summed E-state index contributed by atoms with van der Waals surface area (Å²) >= 11 is 0. The largest absolute Gasteiger partial charge is 0.480 e. The Morgan fingerprint density at radius 2 is 1.95 bits per heavy atom. The predicted molar refractivity (Wildman–Crippen MR) is 68.9 cm³/mol. The third kappa shape index (κ3) is 4.19. The van der Waals surface area contributed by atoms with Crippen molar-refractivity contribution in [2.75, 3.05) is 19.8 Å². The summed E-state index contributed by atoms with van der Waals surface area (Å²) in [6.45, 7) is -0.399. The molecule has 20 heavy (non-hydrogen) atoms. The maximum absolute atomic E-state index is 11.5. The summed E-state index contributed by atoms with van der Waals surface area (Å²) in [5, 5.41) is 13.1. The number of carbonyl (C=O) groups excluding carboxylic acids is 2. The molecular formula is C13H20N2O5. The van der Waals surface area contributed by atoms with E-state index < -0.39 is 31.1 Å². The Balaban J connectivity index is 1.58. The van der Waals surface area contributed by atoms with Crippen LogP contribution in [0.25, 0.3) is 0 Å². The van der Waals surface area contributed by atoms with Gasteiger partial charge in [0.1, 0.15) is 13.2 Å². The number of nitrogens with one attached hydrogen (secondary N) is 2. The van der Waals surface area contributed by atoms with Crippen molar-refractivity contribution in [3.8, 4) is 0 Å². The third-order valence-electron chi connectivity index (χ3n) is 4.12. The lowest BCUT2D eigenvalue weighted by Gasteiger charge is -2.21. The van der Waals surface area contributed by atoms with E-state index in [9.17, 15) is 14.4 Å². The number of hydrogen-bond acceptors (Lipinski definition) is 4. The number of amides is 3. The summed E-state index contributed by atoms with van der Waals surface area (Å²) in [5.74, 6) is 0.268. The van der Waals surface area contributed by atoms with Crippen LogP contribution in [0.3, 0.4) is 0 Å². The van der Waals surface area contributed by atoms with Crippen molar-refractivity contribution in [1.82, 2.24) is 10.6 Å². The van der Waals surface area contributed by atoms with E-state index in [1.807, 2.05) is 0 Å². The smallest absolute Gasteiger partial charge is 0.329 e. The molecule has 7 nitrogen and oxygen atoms in total. The lowest BCUT2D eigenvalue weighted by molar-refractivity contribution is -0.143. The van der Waals surface area contributed by atoms with Gasteiger partial charge in [-0.25, -0.2) is 9.59 Å². The number of rotatable bonds is 6. The predicted octanol–water partition coefficient (Wildman–Crippen LogP) is 0.350. The van der Waals surface area contributed by atoms with E-state index in [2.05, 4.69) is 15.4 Å². The molecule has 0 aliphatic heterocycles. The fraction of sp³-hybridized carbons (Fsp3) is 0.769. The summed E-state index contributed by atoms with van der Waals surface area (Å²) in [4.78, 5) is 32.9. The first kappa shape index (κ1) is 14.8. The van der Waals surface area contributed by atoms with Gasteiger partial charge in [0.2, 0.25) is 0 Å². The van der Waals surface area contributed by atoms with Gasteiger partial charge in [-0.2, -0.15) is 0 Å². The normalized spacial score (nSPS) is 27.3. The number of hydrogen-bond donors (Lipinski definition) is 3. The van der Waals surface area contributed by atoms with Gasteiger partial charge >= 0.3 is 12.0 Å². The Labute approximate surface area is 117 Å². The summed E-state index contributed by atoms with van der Waals surface area (Å²) in [6.07, 6.45) is 5.00. The number of urea groups is 1. The molecule has 2 fully saturated rings. The first-order chi connectivity index (χ1) is 9.54. The molecule has 2 saturated carbocycles. The van der Waals surface area contributed by atoms with Crippen molar-refractivity contribution in [3.63, 3.8) is 0 Å². The van der Waals surface area contributed by atoms with Gasteiger partial charge in [-0.15, -0.1) is 0 Å². The van der Waals surface area contributed by atoms with Crippen molar-refractivity contribution in [1.29, 1.82) is 0 Å². The standard InChI is InChI=1S/C13H20N2O5/c16-11(6-20-7-12(17)18)15-13(19)14-5-10-4-8-1-2-9(10)3-8/h8-10H,1-7H2,(H,17,18)(H2,14,15,16,19). The lowest BCUT2D eigenvalue weighted by Crippen LogP contribution is -2.43. The molecule has 3 unspecified atom stereocenters. The van der Waals surface area contributed by atoms with Crippen LogP contribution in [0, 0.1) is 17.8 Å². The highest BCUT2D eigenvalue weighted by atomic mass is 16.5. The molecule has 112 valence electrons. The van der Waals surface area contributed by atoms with Gasteiger partial charge < -0.3 is 15.2 Å². The highest BCUT2D eigenvalue weighted by molar-refractivity contribution is 5.94. The molecule has 0 heterocycles. The molecule has 0 aromatic carbocycles. The van der Waals surface area contributed by atoms with E-state index in [0.717, 1.165) is 11.8 Å². The zero-order chi connectivity index (χ0) is 14.5. The highest BCUT2D eigenvalue weighted by Crippen LogP contribution is 2.47. The summed E-state index contributed by atoms with van der Waals surface area (Å²) in [6, 6.07) is -0.545. The van der Waals surface area contributed by atoms with Gasteiger partial charge in [0.05, 0.1) is 0 Å². The van der Waals surface area contributed by atoms with Crippen molar-refractivity contribution in [2.24, 2.45) is 17.8 Å². The van der Waals surface area contributed by atoms with E-state index in [1.165, 1.54) is 25.7 Å². The third-order valence-corrected chi connectivity index (χ3v) is 4.12. The van der Waals surface area contributed by atoms with Crippen molar-refractivity contribution in [3.05, 3.63) is 0 Å². The average molecular weight is 284 g/mol. The second kappa shape index (κ2) is 6.69. The maximum atomic E-state index is 11.5. The van der Waals surface area contributed by atoms with Gasteiger partial charge in [0.25, 0.3) is 5.91 Å². The molecule has 0 spiro atoms. The number of carboxylic acids is 1. The minimum absolute atomic E-state index is 0.437. The van der Waals surface area contributed by atoms with Gasteiger partial charge in [0, 0.05) is 6.54 Å². The number of aliphatic carboxylic acids is 1. The minimum atomic E-state index is -1.15. The van der Waals surface area contributed by atoms with Crippen LogP contribution >= 0.6 is 0 Å². The second-order valence-electron chi connectivity index (χ2n) is 5.58. The van der Waals surface area contributed by atoms with Crippen molar-refractivity contribution >= 4 is 17.9 Å². The Morgan fingerprint density at radius 1 is 1.15 bits per heavy atom. The fourth-order valence-corrected chi connectivity index (χ4v) is 3.29. The highest BCUT2D eigenvalue weighted by Gasteiger charge is 2.39. The first-order valence-corrected chi connectivity index (χ1v) is 6.92. The van der Waals surface area contributed by atoms with Crippen LogP contribution in [0.5, 0.6) is 0 Å². The Morgan fingerprint density at radius 3 is 2.55 bits per heavy atom. The summed E-state index contributed by atoms with van der Waals surface area (Å²) in [5.41, 5.74) is 0. The number of carbonyl (C=O) groups is 3. The molecule has 0 radical (unpaired) electrons. The summed E-state index contributed by atoms with van der Waals surface area (Å²) < 4.78 is 4.58.